The summed E-state index contributed by atoms with van der Waals surface area (Å²) in [5, 5.41) is 5.03. The predicted molar refractivity (Wildman–Crippen MR) is 97.7 cm³/mol. The summed E-state index contributed by atoms with van der Waals surface area (Å²) in [6.45, 7) is 0.704. The summed E-state index contributed by atoms with van der Waals surface area (Å²) in [5.41, 5.74) is 3.12. The number of amides is 1. The molecule has 0 saturated heterocycles. The van der Waals surface area contributed by atoms with Crippen LogP contribution in [0.5, 0.6) is 11.5 Å². The Balaban J connectivity index is 1.51. The summed E-state index contributed by atoms with van der Waals surface area (Å²) in [6, 6.07) is 10.0. The lowest BCUT2D eigenvalue weighted by Crippen LogP contribution is -2.12. The van der Waals surface area contributed by atoms with Gasteiger partial charge in [0.05, 0.1) is 19.4 Å². The molecule has 0 radical (unpaired) electrons. The third-order valence-corrected chi connectivity index (χ3v) is 4.88. The molecule has 0 aliphatic carbocycles. The van der Waals surface area contributed by atoms with E-state index in [-0.39, 0.29) is 11.3 Å². The first-order valence-corrected chi connectivity index (χ1v) is 8.88. The third kappa shape index (κ3) is 3.13. The fourth-order valence-electron chi connectivity index (χ4n) is 2.79. The molecule has 0 spiro atoms. The topological polar surface area (TPSA) is 60.5 Å². The van der Waals surface area contributed by atoms with Crippen LogP contribution in [-0.4, -0.2) is 24.6 Å². The molecule has 7 heteroatoms. The van der Waals surface area contributed by atoms with Crippen molar-refractivity contribution in [2.45, 2.75) is 6.42 Å². The number of benzene rings is 2. The standard InChI is InChI=1S/C19H15FN2O3S/c1-24-17-5-3-13(9-14(17)20)18(23)22-19-21-15(10-26-19)11-2-4-16-12(8-11)6-7-25-16/h2-5,8-10H,6-7H2,1H3,(H,21,22,23). The number of thiazole rings is 1. The number of rotatable bonds is 4. The zero-order valence-electron chi connectivity index (χ0n) is 13.9. The molecule has 132 valence electrons. The minimum Gasteiger partial charge on any atom is -0.494 e. The normalized spacial score (nSPS) is 12.4. The monoisotopic (exact) mass is 370 g/mol. The molecule has 1 amide bonds. The van der Waals surface area contributed by atoms with Gasteiger partial charge in [0.25, 0.3) is 5.91 Å². The number of aromatic nitrogens is 1. The molecule has 2 heterocycles. The van der Waals surface area contributed by atoms with Crippen LogP contribution >= 0.6 is 11.3 Å². The van der Waals surface area contributed by atoms with Crippen molar-refractivity contribution in [2.24, 2.45) is 0 Å². The minimum absolute atomic E-state index is 0.0960. The first kappa shape index (κ1) is 16.5. The number of nitrogens with one attached hydrogen (secondary N) is 1. The lowest BCUT2D eigenvalue weighted by molar-refractivity contribution is 0.102. The molecule has 1 aromatic heterocycles. The Labute approximate surface area is 153 Å². The lowest BCUT2D eigenvalue weighted by atomic mass is 10.1. The molecule has 0 bridgehead atoms. The summed E-state index contributed by atoms with van der Waals surface area (Å²) in [7, 11) is 1.38. The summed E-state index contributed by atoms with van der Waals surface area (Å²) >= 11 is 1.32. The van der Waals surface area contributed by atoms with Crippen molar-refractivity contribution in [1.82, 2.24) is 4.98 Å². The maximum Gasteiger partial charge on any atom is 0.257 e. The Hall–Kier alpha value is -2.93. The average molecular weight is 370 g/mol. The van der Waals surface area contributed by atoms with Gasteiger partial charge in [0.15, 0.2) is 16.7 Å². The van der Waals surface area contributed by atoms with Crippen LogP contribution in [0.2, 0.25) is 0 Å². The zero-order chi connectivity index (χ0) is 18.1. The number of halogens is 1. The van der Waals surface area contributed by atoms with Gasteiger partial charge >= 0.3 is 0 Å². The van der Waals surface area contributed by atoms with Gasteiger partial charge in [-0.2, -0.15) is 0 Å². The van der Waals surface area contributed by atoms with E-state index in [9.17, 15) is 9.18 Å². The number of hydrogen-bond donors (Lipinski definition) is 1. The van der Waals surface area contributed by atoms with Crippen LogP contribution in [0.4, 0.5) is 9.52 Å². The molecule has 4 rings (SSSR count). The van der Waals surface area contributed by atoms with Crippen molar-refractivity contribution in [3.05, 3.63) is 58.7 Å². The van der Waals surface area contributed by atoms with Crippen molar-refractivity contribution >= 4 is 22.4 Å². The van der Waals surface area contributed by atoms with Gasteiger partial charge in [0.2, 0.25) is 0 Å². The van der Waals surface area contributed by atoms with Crippen molar-refractivity contribution in [2.75, 3.05) is 19.0 Å². The highest BCUT2D eigenvalue weighted by Crippen LogP contribution is 2.32. The molecule has 0 atom stereocenters. The molecule has 1 aliphatic heterocycles. The number of anilines is 1. The van der Waals surface area contributed by atoms with Crippen LogP contribution in [0.3, 0.4) is 0 Å². The molecule has 1 N–H and O–H groups in total. The molecule has 2 aromatic carbocycles. The summed E-state index contributed by atoms with van der Waals surface area (Å²) in [5.74, 6) is 0.00727. The molecule has 0 saturated carbocycles. The van der Waals surface area contributed by atoms with Crippen molar-refractivity contribution in [3.8, 4) is 22.8 Å². The number of fused-ring (bicyclic) bond motifs is 1. The van der Waals surface area contributed by atoms with E-state index in [1.807, 2.05) is 17.5 Å². The van der Waals surface area contributed by atoms with Gasteiger partial charge in [-0.1, -0.05) is 0 Å². The molecule has 1 aliphatic rings. The van der Waals surface area contributed by atoms with Gasteiger partial charge in [-0.3, -0.25) is 10.1 Å². The zero-order valence-corrected chi connectivity index (χ0v) is 14.7. The van der Waals surface area contributed by atoms with E-state index in [0.717, 1.165) is 35.1 Å². The second-order valence-corrected chi connectivity index (χ2v) is 6.62. The second-order valence-electron chi connectivity index (χ2n) is 5.76. The minimum atomic E-state index is -0.583. The SMILES string of the molecule is COc1ccc(C(=O)Nc2nc(-c3ccc4c(c3)CCO4)cs2)cc1F. The van der Waals surface area contributed by atoms with E-state index in [2.05, 4.69) is 16.4 Å². The van der Waals surface area contributed by atoms with E-state index < -0.39 is 11.7 Å². The number of carbonyl (C=O) groups excluding carboxylic acids is 1. The molecular formula is C19H15FN2O3S. The maximum absolute atomic E-state index is 13.8. The Kier molecular flexibility index (Phi) is 4.30. The smallest absolute Gasteiger partial charge is 0.257 e. The van der Waals surface area contributed by atoms with Crippen LogP contribution in [-0.2, 0) is 6.42 Å². The van der Waals surface area contributed by atoms with E-state index in [4.69, 9.17) is 9.47 Å². The molecule has 3 aromatic rings. The number of ether oxygens (including phenoxy) is 2. The first-order valence-electron chi connectivity index (χ1n) is 8.00. The highest BCUT2D eigenvalue weighted by Gasteiger charge is 2.15. The highest BCUT2D eigenvalue weighted by atomic mass is 32.1. The lowest BCUT2D eigenvalue weighted by Gasteiger charge is -2.05. The molecule has 5 nitrogen and oxygen atoms in total. The third-order valence-electron chi connectivity index (χ3n) is 4.12. The Bertz CT molecular complexity index is 987. The molecule has 26 heavy (non-hydrogen) atoms. The van der Waals surface area contributed by atoms with E-state index in [0.29, 0.717) is 11.7 Å². The van der Waals surface area contributed by atoms with Crippen molar-refractivity contribution in [1.29, 1.82) is 0 Å². The molecule has 0 fully saturated rings. The highest BCUT2D eigenvalue weighted by molar-refractivity contribution is 7.14. The van der Waals surface area contributed by atoms with Crippen LogP contribution in [0, 0.1) is 5.82 Å². The van der Waals surface area contributed by atoms with E-state index in [1.54, 1.807) is 0 Å². The number of hydrogen-bond acceptors (Lipinski definition) is 5. The van der Waals surface area contributed by atoms with Crippen LogP contribution in [0.25, 0.3) is 11.3 Å². The van der Waals surface area contributed by atoms with Gasteiger partial charge in [-0.15, -0.1) is 11.3 Å². The summed E-state index contributed by atoms with van der Waals surface area (Å²) in [4.78, 5) is 16.8. The van der Waals surface area contributed by atoms with Crippen LogP contribution in [0.15, 0.2) is 41.8 Å². The van der Waals surface area contributed by atoms with E-state index in [1.165, 1.54) is 30.6 Å². The van der Waals surface area contributed by atoms with Crippen LogP contribution < -0.4 is 14.8 Å². The summed E-state index contributed by atoms with van der Waals surface area (Å²) < 4.78 is 24.1. The van der Waals surface area contributed by atoms with E-state index >= 15 is 0 Å². The van der Waals surface area contributed by atoms with Crippen molar-refractivity contribution < 1.29 is 18.7 Å². The Morgan fingerprint density at radius 3 is 3.00 bits per heavy atom. The second kappa shape index (κ2) is 6.76. The van der Waals surface area contributed by atoms with Gasteiger partial charge < -0.3 is 9.47 Å². The van der Waals surface area contributed by atoms with Gasteiger partial charge in [-0.25, -0.2) is 9.37 Å². The van der Waals surface area contributed by atoms with Crippen LogP contribution in [0.1, 0.15) is 15.9 Å². The van der Waals surface area contributed by atoms with Gasteiger partial charge in [0.1, 0.15) is 5.75 Å². The first-order chi connectivity index (χ1) is 12.6. The quantitative estimate of drug-likeness (QED) is 0.750. The fraction of sp³-hybridized carbons (Fsp3) is 0.158. The number of methoxy groups -OCH3 is 1. The number of nitrogens with zero attached hydrogens (tertiary/aromatic N) is 1. The van der Waals surface area contributed by atoms with Gasteiger partial charge in [0, 0.05) is 22.9 Å². The van der Waals surface area contributed by atoms with Crippen molar-refractivity contribution in [3.63, 3.8) is 0 Å². The predicted octanol–water partition coefficient (Wildman–Crippen LogP) is 4.15. The average Bonchev–Trinajstić information content (AvgIpc) is 3.30. The summed E-state index contributed by atoms with van der Waals surface area (Å²) in [6.07, 6.45) is 0.889. The Morgan fingerprint density at radius 1 is 1.31 bits per heavy atom. The maximum atomic E-state index is 13.8. The van der Waals surface area contributed by atoms with Gasteiger partial charge in [-0.05, 0) is 42.0 Å². The number of carbonyl (C=O) groups is 1. The largest absolute Gasteiger partial charge is 0.494 e. The molecule has 0 unspecified atom stereocenters. The Morgan fingerprint density at radius 2 is 2.19 bits per heavy atom. The molecular weight excluding hydrogens is 355 g/mol. The fourth-order valence-corrected chi connectivity index (χ4v) is 3.50.